The predicted octanol–water partition coefficient (Wildman–Crippen LogP) is 2.28. The van der Waals surface area contributed by atoms with Crippen LogP contribution >= 0.6 is 0 Å². The lowest BCUT2D eigenvalue weighted by Gasteiger charge is -2.21. The van der Waals surface area contributed by atoms with E-state index in [1.54, 1.807) is 12.1 Å². The highest BCUT2D eigenvalue weighted by Crippen LogP contribution is 2.06. The molecule has 2 aromatic rings. The van der Waals surface area contributed by atoms with E-state index in [1.807, 2.05) is 50.2 Å². The monoisotopic (exact) mass is 570 g/mol. The number of alkyl carbamates (subject to hydrolysis) is 1. The molecule has 11 nitrogen and oxygen atoms in total. The first-order valence-corrected chi connectivity index (χ1v) is 13.3. The molecule has 0 saturated carbocycles. The summed E-state index contributed by atoms with van der Waals surface area (Å²) in [6, 6.07) is 17.4. The van der Waals surface area contributed by atoms with Gasteiger partial charge < -0.3 is 30.7 Å². The highest BCUT2D eigenvalue weighted by molar-refractivity contribution is 5.93. The molecule has 0 aliphatic heterocycles. The molecule has 0 aliphatic rings. The van der Waals surface area contributed by atoms with Crippen LogP contribution in [0.3, 0.4) is 0 Å². The van der Waals surface area contributed by atoms with Gasteiger partial charge in [-0.25, -0.2) is 4.79 Å². The third kappa shape index (κ3) is 16.5. The number of ketones is 1. The molecule has 11 heteroatoms. The Labute approximate surface area is 241 Å². The maximum atomic E-state index is 12.6. The molecule has 2 rings (SSSR count). The number of hydrogen-bond acceptors (Lipinski definition) is 7. The number of rotatable bonds is 14. The predicted molar refractivity (Wildman–Crippen MR) is 155 cm³/mol. The Morgan fingerprint density at radius 1 is 0.829 bits per heavy atom. The molecule has 41 heavy (non-hydrogen) atoms. The maximum absolute atomic E-state index is 12.6. The Hall–Kier alpha value is -4.25. The number of aryl methyl sites for hydroxylation is 1. The van der Waals surface area contributed by atoms with E-state index in [0.717, 1.165) is 5.56 Å². The van der Waals surface area contributed by atoms with Gasteiger partial charge in [-0.15, -0.1) is 0 Å². The van der Waals surface area contributed by atoms with Crippen LogP contribution in [-0.2, 0) is 35.3 Å². The van der Waals surface area contributed by atoms with Crippen LogP contribution in [-0.4, -0.2) is 68.5 Å². The molecule has 2 unspecified atom stereocenters. The van der Waals surface area contributed by atoms with Gasteiger partial charge in [0, 0.05) is 20.6 Å². The first-order valence-electron chi connectivity index (χ1n) is 13.3. The molecule has 224 valence electrons. The van der Waals surface area contributed by atoms with Gasteiger partial charge in [-0.05, 0) is 24.8 Å². The van der Waals surface area contributed by atoms with Crippen LogP contribution in [0.1, 0.15) is 38.3 Å². The molecule has 4 amide bonds. The summed E-state index contributed by atoms with van der Waals surface area (Å²) in [5.74, 6) is -1.92. The third-order valence-electron chi connectivity index (χ3n) is 5.46. The zero-order valence-corrected chi connectivity index (χ0v) is 24.4. The van der Waals surface area contributed by atoms with Crippen molar-refractivity contribution in [2.75, 3.05) is 26.8 Å². The minimum atomic E-state index is -1.01. The molecule has 0 aliphatic carbocycles. The normalized spacial score (nSPS) is 11.7. The molecule has 0 spiro atoms. The number of nitrogens with one attached hydrogen (secondary N) is 4. The van der Waals surface area contributed by atoms with E-state index >= 15 is 0 Å². The number of benzene rings is 2. The second-order valence-electron chi connectivity index (χ2n) is 9.72. The number of carbonyl (C=O) groups is 5. The summed E-state index contributed by atoms with van der Waals surface area (Å²) in [5, 5.41) is 9.91. The minimum Gasteiger partial charge on any atom is -0.445 e. The van der Waals surface area contributed by atoms with Gasteiger partial charge in [-0.3, -0.25) is 19.2 Å². The number of ether oxygens (including phenoxy) is 2. The summed E-state index contributed by atoms with van der Waals surface area (Å²) in [4.78, 5) is 60.3. The van der Waals surface area contributed by atoms with Crippen molar-refractivity contribution >= 4 is 29.6 Å². The summed E-state index contributed by atoms with van der Waals surface area (Å²) < 4.78 is 9.96. The summed E-state index contributed by atoms with van der Waals surface area (Å²) in [6.45, 7) is 6.41. The van der Waals surface area contributed by atoms with Gasteiger partial charge in [0.25, 0.3) is 0 Å². The molecular formula is C30H42N4O7. The van der Waals surface area contributed by atoms with Gasteiger partial charge in [0.15, 0.2) is 5.78 Å². The molecule has 0 heterocycles. The van der Waals surface area contributed by atoms with Gasteiger partial charge in [-0.2, -0.15) is 0 Å². The second-order valence-corrected chi connectivity index (χ2v) is 9.72. The quantitative estimate of drug-likeness (QED) is 0.272. The van der Waals surface area contributed by atoms with E-state index in [9.17, 15) is 24.0 Å². The second kappa shape index (κ2) is 19.8. The average molecular weight is 571 g/mol. The Morgan fingerprint density at radius 2 is 1.44 bits per heavy atom. The number of hydrogen-bond donors (Lipinski definition) is 4. The standard InChI is InChI=1S/C23H34N4O7.C7H8/c1-15(2)10-18(27-23(32)34-13-17-8-6-5-7-9-17)22(31)25-12-21(30)26-19(11-24-16(3)28)20(29)14-33-4;1-7-5-3-2-4-6-7/h5-9,15,18-19H,10-14H2,1-4H3,(H,24,28)(H,25,31)(H,26,30)(H,27,32);2-6H,1H3. The first-order chi connectivity index (χ1) is 19.5. The smallest absolute Gasteiger partial charge is 0.408 e. The van der Waals surface area contributed by atoms with Crippen molar-refractivity contribution in [3.8, 4) is 0 Å². The Balaban J connectivity index is 0.00000104. The van der Waals surface area contributed by atoms with Crippen molar-refractivity contribution in [3.63, 3.8) is 0 Å². The molecule has 0 bridgehead atoms. The van der Waals surface area contributed by atoms with Crippen molar-refractivity contribution in [1.82, 2.24) is 21.3 Å². The molecule has 0 radical (unpaired) electrons. The Morgan fingerprint density at radius 3 is 1.95 bits per heavy atom. The first kappa shape index (κ1) is 34.8. The summed E-state index contributed by atoms with van der Waals surface area (Å²) in [7, 11) is 1.34. The molecule has 0 fully saturated rings. The third-order valence-corrected chi connectivity index (χ3v) is 5.46. The summed E-state index contributed by atoms with van der Waals surface area (Å²) >= 11 is 0. The van der Waals surface area contributed by atoms with Crippen LogP contribution in [0.2, 0.25) is 0 Å². The topological polar surface area (TPSA) is 152 Å². The lowest BCUT2D eigenvalue weighted by atomic mass is 10.0. The van der Waals surface area contributed by atoms with Gasteiger partial charge >= 0.3 is 6.09 Å². The largest absolute Gasteiger partial charge is 0.445 e. The average Bonchev–Trinajstić information content (AvgIpc) is 2.93. The SMILES string of the molecule is COCC(=O)C(CNC(C)=O)NC(=O)CNC(=O)C(CC(C)C)NC(=O)OCc1ccccc1.Cc1ccccc1. The van der Waals surface area contributed by atoms with E-state index in [0.29, 0.717) is 6.42 Å². The van der Waals surface area contributed by atoms with E-state index in [-0.39, 0.29) is 31.6 Å². The zero-order chi connectivity index (χ0) is 30.6. The Bertz CT molecular complexity index is 1090. The maximum Gasteiger partial charge on any atom is 0.408 e. The van der Waals surface area contributed by atoms with E-state index in [1.165, 1.54) is 19.6 Å². The summed E-state index contributed by atoms with van der Waals surface area (Å²) in [5.41, 5.74) is 2.12. The van der Waals surface area contributed by atoms with Crippen molar-refractivity contribution in [1.29, 1.82) is 0 Å². The Kier molecular flexibility index (Phi) is 16.8. The highest BCUT2D eigenvalue weighted by atomic mass is 16.5. The van der Waals surface area contributed by atoms with Gasteiger partial charge in [0.2, 0.25) is 17.7 Å². The van der Waals surface area contributed by atoms with Gasteiger partial charge in [-0.1, -0.05) is 80.1 Å². The fraction of sp³-hybridized carbons (Fsp3) is 0.433. The number of carbonyl (C=O) groups excluding carboxylic acids is 5. The number of Topliss-reactive ketones (excluding diaryl/α,β-unsaturated/α-hetero) is 1. The molecule has 0 aromatic heterocycles. The fourth-order valence-corrected chi connectivity index (χ4v) is 3.41. The van der Waals surface area contributed by atoms with Crippen LogP contribution in [0.15, 0.2) is 60.7 Å². The lowest BCUT2D eigenvalue weighted by Crippen LogP contribution is -2.53. The van der Waals surface area contributed by atoms with Crippen molar-refractivity contribution in [2.24, 2.45) is 5.92 Å². The van der Waals surface area contributed by atoms with E-state index < -0.39 is 42.3 Å². The van der Waals surface area contributed by atoms with Crippen molar-refractivity contribution < 1.29 is 33.4 Å². The zero-order valence-electron chi connectivity index (χ0n) is 24.4. The van der Waals surface area contributed by atoms with E-state index in [4.69, 9.17) is 9.47 Å². The van der Waals surface area contributed by atoms with Crippen LogP contribution < -0.4 is 21.3 Å². The van der Waals surface area contributed by atoms with Gasteiger partial charge in [0.1, 0.15) is 25.3 Å². The van der Waals surface area contributed by atoms with Crippen molar-refractivity contribution in [3.05, 3.63) is 71.8 Å². The van der Waals surface area contributed by atoms with Crippen LogP contribution in [0.5, 0.6) is 0 Å². The molecule has 4 N–H and O–H groups in total. The van der Waals surface area contributed by atoms with Crippen LogP contribution in [0, 0.1) is 12.8 Å². The lowest BCUT2D eigenvalue weighted by molar-refractivity contribution is -0.131. The van der Waals surface area contributed by atoms with Crippen LogP contribution in [0.4, 0.5) is 4.79 Å². The van der Waals surface area contributed by atoms with Crippen LogP contribution in [0.25, 0.3) is 0 Å². The highest BCUT2D eigenvalue weighted by Gasteiger charge is 2.25. The molecule has 2 aromatic carbocycles. The molecule has 2 atom stereocenters. The summed E-state index contributed by atoms with van der Waals surface area (Å²) in [6.07, 6.45) is -0.430. The van der Waals surface area contributed by atoms with Gasteiger partial charge in [0.05, 0.1) is 6.54 Å². The van der Waals surface area contributed by atoms with E-state index in [2.05, 4.69) is 40.3 Å². The fourth-order valence-electron chi connectivity index (χ4n) is 3.41. The number of methoxy groups -OCH3 is 1. The molecule has 0 saturated heterocycles. The van der Waals surface area contributed by atoms with Crippen molar-refractivity contribution in [2.45, 2.75) is 52.8 Å². The molecular weight excluding hydrogens is 528 g/mol. The number of amides is 4. The minimum absolute atomic E-state index is 0.0519.